The van der Waals surface area contributed by atoms with E-state index in [0.717, 1.165) is 25.2 Å². The molecule has 1 aromatic carbocycles. The van der Waals surface area contributed by atoms with Gasteiger partial charge in [0.1, 0.15) is 0 Å². The van der Waals surface area contributed by atoms with Crippen molar-refractivity contribution < 1.29 is 9.53 Å². The van der Waals surface area contributed by atoms with Crippen LogP contribution in [0.25, 0.3) is 0 Å². The Hall–Kier alpha value is -1.75. The molecule has 0 atom stereocenters. The Morgan fingerprint density at radius 1 is 1.25 bits per heavy atom. The molecule has 0 spiro atoms. The molecule has 0 aliphatic rings. The van der Waals surface area contributed by atoms with Crippen molar-refractivity contribution in [3.05, 3.63) is 23.8 Å². The van der Waals surface area contributed by atoms with Gasteiger partial charge in [0.2, 0.25) is 0 Å². The highest BCUT2D eigenvalue weighted by molar-refractivity contribution is 5.99. The lowest BCUT2D eigenvalue weighted by molar-refractivity contribution is 0.0527. The molecule has 0 bridgehead atoms. The average Bonchev–Trinajstić information content (AvgIpc) is 2.38. The molecular weight excluding hydrogens is 254 g/mol. The molecule has 0 radical (unpaired) electrons. The summed E-state index contributed by atoms with van der Waals surface area (Å²) in [6.07, 6.45) is 1.00. The van der Waals surface area contributed by atoms with E-state index in [9.17, 15) is 4.79 Å². The van der Waals surface area contributed by atoms with Gasteiger partial charge in [0.15, 0.2) is 0 Å². The standard InChI is InChI=1S/C15H25N3O2/c1-5-20-15(19)12-8-6-9-13(16)14(12)18(4)11-7-10-17(2)3/h6,8-9H,5,7,10-11,16H2,1-4H3. The zero-order valence-electron chi connectivity index (χ0n) is 12.8. The Balaban J connectivity index is 2.88. The van der Waals surface area contributed by atoms with Crippen LogP contribution in [-0.2, 0) is 4.74 Å². The predicted molar refractivity (Wildman–Crippen MR) is 83.3 cm³/mol. The summed E-state index contributed by atoms with van der Waals surface area (Å²) in [5.74, 6) is -0.325. The minimum Gasteiger partial charge on any atom is -0.462 e. The number of para-hydroxylation sites is 1. The topological polar surface area (TPSA) is 58.8 Å². The van der Waals surface area contributed by atoms with E-state index in [-0.39, 0.29) is 5.97 Å². The molecule has 0 heterocycles. The van der Waals surface area contributed by atoms with Crippen molar-refractivity contribution in [3.8, 4) is 0 Å². The van der Waals surface area contributed by atoms with E-state index < -0.39 is 0 Å². The van der Waals surface area contributed by atoms with Crippen LogP contribution in [0.3, 0.4) is 0 Å². The zero-order chi connectivity index (χ0) is 15.1. The Kier molecular flexibility index (Phi) is 6.31. The Morgan fingerprint density at radius 2 is 1.95 bits per heavy atom. The van der Waals surface area contributed by atoms with Crippen LogP contribution in [0.15, 0.2) is 18.2 Å². The Morgan fingerprint density at radius 3 is 2.55 bits per heavy atom. The minimum atomic E-state index is -0.325. The van der Waals surface area contributed by atoms with Crippen LogP contribution in [0.1, 0.15) is 23.7 Å². The maximum atomic E-state index is 12.0. The number of esters is 1. The van der Waals surface area contributed by atoms with Crippen molar-refractivity contribution in [1.82, 2.24) is 4.90 Å². The van der Waals surface area contributed by atoms with E-state index in [1.807, 2.05) is 26.0 Å². The highest BCUT2D eigenvalue weighted by Crippen LogP contribution is 2.27. The summed E-state index contributed by atoms with van der Waals surface area (Å²) < 4.78 is 5.09. The van der Waals surface area contributed by atoms with Crippen LogP contribution in [0.2, 0.25) is 0 Å². The normalized spacial score (nSPS) is 10.7. The number of anilines is 2. The summed E-state index contributed by atoms with van der Waals surface area (Å²) >= 11 is 0. The van der Waals surface area contributed by atoms with Gasteiger partial charge >= 0.3 is 5.97 Å². The molecule has 1 aromatic rings. The lowest BCUT2D eigenvalue weighted by Crippen LogP contribution is -2.26. The number of carbonyl (C=O) groups is 1. The van der Waals surface area contributed by atoms with E-state index in [1.54, 1.807) is 25.1 Å². The minimum absolute atomic E-state index is 0.325. The van der Waals surface area contributed by atoms with Crippen molar-refractivity contribution in [2.75, 3.05) is 51.5 Å². The molecule has 5 nitrogen and oxygen atoms in total. The SMILES string of the molecule is CCOC(=O)c1cccc(N)c1N(C)CCCN(C)C. The fourth-order valence-electron chi connectivity index (χ4n) is 2.10. The zero-order valence-corrected chi connectivity index (χ0v) is 12.8. The maximum Gasteiger partial charge on any atom is 0.340 e. The highest BCUT2D eigenvalue weighted by Gasteiger charge is 2.17. The van der Waals surface area contributed by atoms with Gasteiger partial charge in [-0.25, -0.2) is 4.79 Å². The fraction of sp³-hybridized carbons (Fsp3) is 0.533. The van der Waals surface area contributed by atoms with Crippen LogP contribution in [-0.4, -0.2) is 51.7 Å². The molecule has 0 fully saturated rings. The molecule has 0 saturated heterocycles. The van der Waals surface area contributed by atoms with Crippen molar-refractivity contribution in [3.63, 3.8) is 0 Å². The number of ether oxygens (including phenoxy) is 1. The number of hydrogen-bond acceptors (Lipinski definition) is 5. The number of carbonyl (C=O) groups excluding carboxylic acids is 1. The van der Waals surface area contributed by atoms with Gasteiger partial charge in [-0.1, -0.05) is 6.07 Å². The molecular formula is C15H25N3O2. The van der Waals surface area contributed by atoms with E-state index >= 15 is 0 Å². The van der Waals surface area contributed by atoms with Crippen molar-refractivity contribution >= 4 is 17.3 Å². The number of nitrogens with zero attached hydrogens (tertiary/aromatic N) is 2. The second-order valence-corrected chi connectivity index (χ2v) is 5.04. The Labute approximate surface area is 121 Å². The monoisotopic (exact) mass is 279 g/mol. The molecule has 0 unspecified atom stereocenters. The average molecular weight is 279 g/mol. The fourth-order valence-corrected chi connectivity index (χ4v) is 2.10. The molecule has 0 aliphatic carbocycles. The van der Waals surface area contributed by atoms with Crippen molar-refractivity contribution in [1.29, 1.82) is 0 Å². The van der Waals surface area contributed by atoms with Gasteiger partial charge in [0.05, 0.1) is 23.5 Å². The second kappa shape index (κ2) is 7.75. The van der Waals surface area contributed by atoms with Gasteiger partial charge in [-0.2, -0.15) is 0 Å². The van der Waals surface area contributed by atoms with Crippen molar-refractivity contribution in [2.24, 2.45) is 0 Å². The maximum absolute atomic E-state index is 12.0. The second-order valence-electron chi connectivity index (χ2n) is 5.04. The van der Waals surface area contributed by atoms with Gasteiger partial charge in [0, 0.05) is 13.6 Å². The quantitative estimate of drug-likeness (QED) is 0.609. The molecule has 0 aromatic heterocycles. The summed E-state index contributed by atoms with van der Waals surface area (Å²) in [5, 5.41) is 0. The number of nitrogens with two attached hydrogens (primary N) is 1. The van der Waals surface area contributed by atoms with Gasteiger partial charge in [-0.15, -0.1) is 0 Å². The third kappa shape index (κ3) is 4.42. The summed E-state index contributed by atoms with van der Waals surface area (Å²) in [4.78, 5) is 16.1. The molecule has 0 amide bonds. The lowest BCUT2D eigenvalue weighted by Gasteiger charge is -2.24. The number of rotatable bonds is 7. The number of nitrogen functional groups attached to an aromatic ring is 1. The highest BCUT2D eigenvalue weighted by atomic mass is 16.5. The van der Waals surface area contributed by atoms with Crippen LogP contribution < -0.4 is 10.6 Å². The van der Waals surface area contributed by atoms with E-state index in [2.05, 4.69) is 4.90 Å². The first kappa shape index (κ1) is 16.3. The van der Waals surface area contributed by atoms with Crippen LogP contribution in [0, 0.1) is 0 Å². The first-order valence-corrected chi connectivity index (χ1v) is 6.88. The molecule has 5 heteroatoms. The van der Waals surface area contributed by atoms with Crippen LogP contribution >= 0.6 is 0 Å². The summed E-state index contributed by atoms with van der Waals surface area (Å²) in [5.41, 5.74) is 7.91. The van der Waals surface area contributed by atoms with Gasteiger partial charge in [-0.05, 0) is 46.1 Å². The third-order valence-electron chi connectivity index (χ3n) is 3.04. The molecule has 2 N–H and O–H groups in total. The van der Waals surface area contributed by atoms with E-state index in [4.69, 9.17) is 10.5 Å². The summed E-state index contributed by atoms with van der Waals surface area (Å²) in [7, 11) is 6.03. The molecule has 20 heavy (non-hydrogen) atoms. The predicted octanol–water partition coefficient (Wildman–Crippen LogP) is 1.83. The molecule has 0 aliphatic heterocycles. The molecule has 0 saturated carbocycles. The lowest BCUT2D eigenvalue weighted by atomic mass is 10.1. The van der Waals surface area contributed by atoms with Crippen LogP contribution in [0.5, 0.6) is 0 Å². The summed E-state index contributed by atoms with van der Waals surface area (Å²) in [6, 6.07) is 5.34. The first-order valence-electron chi connectivity index (χ1n) is 6.88. The molecule has 112 valence electrons. The number of benzene rings is 1. The Bertz CT molecular complexity index is 447. The first-order chi connectivity index (χ1) is 9.47. The van der Waals surface area contributed by atoms with Gasteiger partial charge in [0.25, 0.3) is 0 Å². The smallest absolute Gasteiger partial charge is 0.340 e. The molecule has 1 rings (SSSR count). The largest absolute Gasteiger partial charge is 0.462 e. The van der Waals surface area contributed by atoms with E-state index in [0.29, 0.717) is 17.9 Å². The van der Waals surface area contributed by atoms with E-state index in [1.165, 1.54) is 0 Å². The van der Waals surface area contributed by atoms with Crippen LogP contribution in [0.4, 0.5) is 11.4 Å². The number of hydrogen-bond donors (Lipinski definition) is 1. The third-order valence-corrected chi connectivity index (χ3v) is 3.04. The summed E-state index contributed by atoms with van der Waals surface area (Å²) in [6.45, 7) is 3.98. The van der Waals surface area contributed by atoms with Gasteiger partial charge < -0.3 is 20.3 Å². The van der Waals surface area contributed by atoms with Crippen molar-refractivity contribution in [2.45, 2.75) is 13.3 Å². The van der Waals surface area contributed by atoms with Gasteiger partial charge in [-0.3, -0.25) is 0 Å².